The lowest BCUT2D eigenvalue weighted by molar-refractivity contribution is 0.213. The minimum Gasteiger partial charge on any atom is -0.489 e. The molecule has 3 nitrogen and oxygen atoms in total. The predicted octanol–water partition coefficient (Wildman–Crippen LogP) is 3.40. The van der Waals surface area contributed by atoms with Crippen LogP contribution < -0.4 is 4.74 Å². The molecule has 0 saturated heterocycles. The molecule has 0 aliphatic rings. The Balaban J connectivity index is 2.62. The van der Waals surface area contributed by atoms with Crippen molar-refractivity contribution < 1.29 is 9.57 Å². The highest BCUT2D eigenvalue weighted by molar-refractivity contribution is 5.98. The zero-order valence-electron chi connectivity index (χ0n) is 10.7. The van der Waals surface area contributed by atoms with Gasteiger partial charge in [-0.15, -0.1) is 0 Å². The van der Waals surface area contributed by atoms with Crippen LogP contribution >= 0.6 is 0 Å². The van der Waals surface area contributed by atoms with E-state index in [0.29, 0.717) is 6.61 Å². The minimum atomic E-state index is 0.570. The molecule has 0 aliphatic heterocycles. The third kappa shape index (κ3) is 4.31. The maximum atomic E-state index is 5.58. The molecule has 92 valence electrons. The van der Waals surface area contributed by atoms with Crippen molar-refractivity contribution >= 4 is 5.71 Å². The van der Waals surface area contributed by atoms with Gasteiger partial charge >= 0.3 is 0 Å². The van der Waals surface area contributed by atoms with Gasteiger partial charge < -0.3 is 9.57 Å². The molecule has 0 bridgehead atoms. The maximum Gasteiger partial charge on any atom is 0.119 e. The summed E-state index contributed by atoms with van der Waals surface area (Å²) in [6.45, 7) is 8.44. The van der Waals surface area contributed by atoms with Gasteiger partial charge in [-0.1, -0.05) is 18.7 Å². The van der Waals surface area contributed by atoms with Gasteiger partial charge in [-0.2, -0.15) is 0 Å². The van der Waals surface area contributed by atoms with Gasteiger partial charge in [0.25, 0.3) is 0 Å². The second kappa shape index (κ2) is 6.74. The van der Waals surface area contributed by atoms with Crippen LogP contribution in [0.15, 0.2) is 41.6 Å². The SMILES string of the molecule is C=C(CC)COc1ccc(C(C)=NOC)cc1. The first-order valence-corrected chi connectivity index (χ1v) is 5.65. The smallest absolute Gasteiger partial charge is 0.119 e. The Morgan fingerprint density at radius 2 is 1.94 bits per heavy atom. The molecule has 0 amide bonds. The van der Waals surface area contributed by atoms with Gasteiger partial charge in [-0.25, -0.2) is 0 Å². The van der Waals surface area contributed by atoms with Crippen LogP contribution in [0.2, 0.25) is 0 Å². The topological polar surface area (TPSA) is 30.8 Å². The zero-order valence-corrected chi connectivity index (χ0v) is 10.7. The molecule has 0 aromatic heterocycles. The zero-order chi connectivity index (χ0) is 12.7. The summed E-state index contributed by atoms with van der Waals surface area (Å²) in [7, 11) is 1.54. The summed E-state index contributed by atoms with van der Waals surface area (Å²) < 4.78 is 5.58. The highest BCUT2D eigenvalue weighted by Gasteiger charge is 1.99. The highest BCUT2D eigenvalue weighted by Crippen LogP contribution is 2.14. The van der Waals surface area contributed by atoms with E-state index >= 15 is 0 Å². The van der Waals surface area contributed by atoms with Crippen molar-refractivity contribution in [2.75, 3.05) is 13.7 Å². The lowest BCUT2D eigenvalue weighted by atomic mass is 10.1. The third-order valence-electron chi connectivity index (χ3n) is 2.44. The molecule has 0 radical (unpaired) electrons. The van der Waals surface area contributed by atoms with E-state index in [4.69, 9.17) is 9.57 Å². The number of hydrogen-bond acceptors (Lipinski definition) is 3. The van der Waals surface area contributed by atoms with Crippen LogP contribution in [-0.2, 0) is 4.84 Å². The van der Waals surface area contributed by atoms with Crippen molar-refractivity contribution in [3.8, 4) is 5.75 Å². The number of ether oxygens (including phenoxy) is 1. The van der Waals surface area contributed by atoms with Crippen molar-refractivity contribution in [2.24, 2.45) is 5.16 Å². The molecule has 17 heavy (non-hydrogen) atoms. The molecular formula is C14H19NO2. The summed E-state index contributed by atoms with van der Waals surface area (Å²) in [5, 5.41) is 3.87. The first kappa shape index (κ1) is 13.3. The normalized spacial score (nSPS) is 11.1. The van der Waals surface area contributed by atoms with Crippen molar-refractivity contribution in [2.45, 2.75) is 20.3 Å². The molecule has 0 atom stereocenters. The molecule has 0 spiro atoms. The first-order valence-electron chi connectivity index (χ1n) is 5.65. The molecular weight excluding hydrogens is 214 g/mol. The lowest BCUT2D eigenvalue weighted by Gasteiger charge is -2.07. The molecule has 0 saturated carbocycles. The van der Waals surface area contributed by atoms with Crippen molar-refractivity contribution in [1.29, 1.82) is 0 Å². The van der Waals surface area contributed by atoms with E-state index in [1.807, 2.05) is 31.2 Å². The molecule has 0 fully saturated rings. The fraction of sp³-hybridized carbons (Fsp3) is 0.357. The molecule has 0 N–H and O–H groups in total. The second-order valence-electron chi connectivity index (χ2n) is 3.78. The largest absolute Gasteiger partial charge is 0.489 e. The van der Waals surface area contributed by atoms with Crippen LogP contribution in [0.5, 0.6) is 5.75 Å². The minimum absolute atomic E-state index is 0.570. The van der Waals surface area contributed by atoms with Crippen molar-refractivity contribution in [1.82, 2.24) is 0 Å². The van der Waals surface area contributed by atoms with Crippen LogP contribution in [0, 0.1) is 0 Å². The molecule has 1 aromatic rings. The lowest BCUT2D eigenvalue weighted by Crippen LogP contribution is -2.00. The molecule has 3 heteroatoms. The van der Waals surface area contributed by atoms with Gasteiger partial charge in [0.2, 0.25) is 0 Å². The Morgan fingerprint density at radius 3 is 2.47 bits per heavy atom. The van der Waals surface area contributed by atoms with E-state index in [2.05, 4.69) is 18.7 Å². The monoisotopic (exact) mass is 233 g/mol. The fourth-order valence-corrected chi connectivity index (χ4v) is 1.27. The molecule has 0 heterocycles. The average Bonchev–Trinajstić information content (AvgIpc) is 2.36. The third-order valence-corrected chi connectivity index (χ3v) is 2.44. The van der Waals surface area contributed by atoms with E-state index in [0.717, 1.165) is 29.0 Å². The molecule has 1 aromatic carbocycles. The summed E-state index contributed by atoms with van der Waals surface area (Å²) in [6, 6.07) is 7.77. The van der Waals surface area contributed by atoms with E-state index in [1.165, 1.54) is 7.11 Å². The van der Waals surface area contributed by atoms with Crippen molar-refractivity contribution in [3.05, 3.63) is 42.0 Å². The van der Waals surface area contributed by atoms with Crippen LogP contribution in [0.25, 0.3) is 0 Å². The van der Waals surface area contributed by atoms with Gasteiger partial charge in [0, 0.05) is 0 Å². The Morgan fingerprint density at radius 1 is 1.29 bits per heavy atom. The van der Waals surface area contributed by atoms with E-state index in [9.17, 15) is 0 Å². The summed E-state index contributed by atoms with van der Waals surface area (Å²) in [4.78, 5) is 4.73. The number of benzene rings is 1. The van der Waals surface area contributed by atoms with Crippen LogP contribution in [-0.4, -0.2) is 19.4 Å². The van der Waals surface area contributed by atoms with Gasteiger partial charge in [-0.05, 0) is 48.7 Å². The fourth-order valence-electron chi connectivity index (χ4n) is 1.27. The number of rotatable bonds is 6. The van der Waals surface area contributed by atoms with Gasteiger partial charge in [-0.3, -0.25) is 0 Å². The highest BCUT2D eigenvalue weighted by atomic mass is 16.6. The number of hydrogen-bond donors (Lipinski definition) is 0. The first-order chi connectivity index (χ1) is 8.17. The summed E-state index contributed by atoms with van der Waals surface area (Å²) in [6.07, 6.45) is 0.942. The summed E-state index contributed by atoms with van der Waals surface area (Å²) in [5.74, 6) is 0.841. The van der Waals surface area contributed by atoms with E-state index in [1.54, 1.807) is 0 Å². The van der Waals surface area contributed by atoms with Gasteiger partial charge in [0.05, 0.1) is 5.71 Å². The Bertz CT molecular complexity index is 393. The van der Waals surface area contributed by atoms with E-state index < -0.39 is 0 Å². The van der Waals surface area contributed by atoms with Crippen molar-refractivity contribution in [3.63, 3.8) is 0 Å². The van der Waals surface area contributed by atoms with Gasteiger partial charge in [0.1, 0.15) is 19.5 Å². The standard InChI is InChI=1S/C14H19NO2/c1-5-11(2)10-17-14-8-6-13(7-9-14)12(3)15-16-4/h6-9H,2,5,10H2,1,3-4H3. The Kier molecular flexibility index (Phi) is 5.27. The van der Waals surface area contributed by atoms with Crippen LogP contribution in [0.3, 0.4) is 0 Å². The Labute approximate surface area is 103 Å². The average molecular weight is 233 g/mol. The predicted molar refractivity (Wildman–Crippen MR) is 70.6 cm³/mol. The Hall–Kier alpha value is -1.77. The number of nitrogens with zero attached hydrogens (tertiary/aromatic N) is 1. The van der Waals surface area contributed by atoms with Crippen LogP contribution in [0.1, 0.15) is 25.8 Å². The quantitative estimate of drug-likeness (QED) is 0.428. The van der Waals surface area contributed by atoms with Gasteiger partial charge in [0.15, 0.2) is 0 Å². The van der Waals surface area contributed by atoms with Crippen LogP contribution in [0.4, 0.5) is 0 Å². The summed E-state index contributed by atoms with van der Waals surface area (Å²) >= 11 is 0. The molecule has 1 rings (SSSR count). The number of oxime groups is 1. The summed E-state index contributed by atoms with van der Waals surface area (Å²) in [5.41, 5.74) is 2.96. The maximum absolute atomic E-state index is 5.58. The second-order valence-corrected chi connectivity index (χ2v) is 3.78. The molecule has 0 unspecified atom stereocenters. The van der Waals surface area contributed by atoms with E-state index in [-0.39, 0.29) is 0 Å². The molecule has 0 aliphatic carbocycles.